The van der Waals surface area contributed by atoms with Gasteiger partial charge in [0, 0.05) is 23.9 Å². The highest BCUT2D eigenvalue weighted by Crippen LogP contribution is 2.18. The second kappa shape index (κ2) is 4.39. The molecule has 0 amide bonds. The zero-order chi connectivity index (χ0) is 11.5. The quantitative estimate of drug-likeness (QED) is 0.774. The summed E-state index contributed by atoms with van der Waals surface area (Å²) in [4.78, 5) is 11.2. The average Bonchev–Trinajstić information content (AvgIpc) is 2.20. The monoisotopic (exact) mass is 217 g/mol. The van der Waals surface area contributed by atoms with Gasteiger partial charge in [0.2, 0.25) is 0 Å². The topological polar surface area (TPSA) is 38.3 Å². The molecule has 3 heteroatoms. The summed E-state index contributed by atoms with van der Waals surface area (Å²) < 4.78 is 5.02. The maximum absolute atomic E-state index is 11.2. The molecule has 0 unspecified atom stereocenters. The molecule has 3 nitrogen and oxygen atoms in total. The Morgan fingerprint density at radius 2 is 2.00 bits per heavy atom. The fraction of sp³-hybridized carbons (Fsp3) is 0.308. The van der Waals surface area contributed by atoms with Gasteiger partial charge in [-0.15, -0.1) is 0 Å². The van der Waals surface area contributed by atoms with Crippen molar-refractivity contribution >= 4 is 11.7 Å². The van der Waals surface area contributed by atoms with Crippen molar-refractivity contribution < 1.29 is 9.53 Å². The summed E-state index contributed by atoms with van der Waals surface area (Å²) in [6.45, 7) is 3.94. The summed E-state index contributed by atoms with van der Waals surface area (Å²) in [5, 5.41) is 3.23. The molecule has 84 valence electrons. The van der Waals surface area contributed by atoms with E-state index in [4.69, 9.17) is 4.74 Å². The van der Waals surface area contributed by atoms with Gasteiger partial charge in [0.05, 0.1) is 0 Å². The molecule has 0 saturated carbocycles. The molecule has 16 heavy (non-hydrogen) atoms. The van der Waals surface area contributed by atoms with Crippen LogP contribution in [0.25, 0.3) is 0 Å². The zero-order valence-electron chi connectivity index (χ0n) is 9.49. The Bertz CT molecular complexity index is 420. The smallest absolute Gasteiger partial charge is 0.332 e. The van der Waals surface area contributed by atoms with E-state index in [2.05, 4.69) is 5.32 Å². The molecule has 1 aromatic rings. The Hall–Kier alpha value is -1.77. The Kier molecular flexibility index (Phi) is 2.95. The van der Waals surface area contributed by atoms with Crippen molar-refractivity contribution in [2.75, 3.05) is 5.32 Å². The molecule has 0 aliphatic carbocycles. The summed E-state index contributed by atoms with van der Waals surface area (Å²) in [5.74, 6) is -0.270. The molecular weight excluding hydrogens is 202 g/mol. The van der Waals surface area contributed by atoms with E-state index < -0.39 is 0 Å². The molecule has 0 bridgehead atoms. The van der Waals surface area contributed by atoms with Crippen molar-refractivity contribution in [3.8, 4) is 0 Å². The first kappa shape index (κ1) is 10.7. The van der Waals surface area contributed by atoms with Crippen molar-refractivity contribution in [2.45, 2.75) is 26.4 Å². The number of rotatable bonds is 2. The van der Waals surface area contributed by atoms with Crippen LogP contribution < -0.4 is 5.32 Å². The Balaban J connectivity index is 2.09. The van der Waals surface area contributed by atoms with Gasteiger partial charge in [0.1, 0.15) is 6.10 Å². The van der Waals surface area contributed by atoms with E-state index in [9.17, 15) is 4.79 Å². The fourth-order valence-corrected chi connectivity index (χ4v) is 1.69. The van der Waals surface area contributed by atoms with Gasteiger partial charge in [-0.3, -0.25) is 0 Å². The lowest BCUT2D eigenvalue weighted by Crippen LogP contribution is -2.22. The molecule has 1 atom stereocenters. The van der Waals surface area contributed by atoms with Gasteiger partial charge >= 0.3 is 5.97 Å². The van der Waals surface area contributed by atoms with Crippen LogP contribution in [0.3, 0.4) is 0 Å². The first-order chi connectivity index (χ1) is 7.63. The molecule has 1 aliphatic rings. The molecular formula is C13H15NO2. The summed E-state index contributed by atoms with van der Waals surface area (Å²) in [5.41, 5.74) is 3.13. The molecule has 0 radical (unpaired) electrons. The first-order valence-electron chi connectivity index (χ1n) is 5.38. The molecule has 1 heterocycles. The first-order valence-corrected chi connectivity index (χ1v) is 5.38. The number of carbonyl (C=O) groups excluding carboxylic acids is 1. The Morgan fingerprint density at radius 3 is 2.62 bits per heavy atom. The van der Waals surface area contributed by atoms with Gasteiger partial charge < -0.3 is 10.1 Å². The SMILES string of the molecule is Cc1ccc(NC2=CC(=O)O[C@@H](C)C2)cc1. The highest BCUT2D eigenvalue weighted by molar-refractivity contribution is 5.84. The summed E-state index contributed by atoms with van der Waals surface area (Å²) in [6.07, 6.45) is 2.20. The number of nitrogens with one attached hydrogen (secondary N) is 1. The van der Waals surface area contributed by atoms with Crippen LogP contribution in [0.15, 0.2) is 36.0 Å². The maximum Gasteiger partial charge on any atom is 0.332 e. The van der Waals surface area contributed by atoms with E-state index >= 15 is 0 Å². The van der Waals surface area contributed by atoms with Gasteiger partial charge in [-0.2, -0.15) is 0 Å². The predicted octanol–water partition coefficient (Wildman–Crippen LogP) is 2.63. The van der Waals surface area contributed by atoms with Crippen LogP contribution in [0.4, 0.5) is 5.69 Å². The number of aryl methyl sites for hydroxylation is 1. The number of ether oxygens (including phenoxy) is 1. The van der Waals surface area contributed by atoms with Crippen LogP contribution in [-0.2, 0) is 9.53 Å². The van der Waals surface area contributed by atoms with Crippen LogP contribution in [0.2, 0.25) is 0 Å². The second-order valence-electron chi connectivity index (χ2n) is 4.11. The number of carbonyl (C=O) groups is 1. The Labute approximate surface area is 95.1 Å². The van der Waals surface area contributed by atoms with Crippen LogP contribution in [-0.4, -0.2) is 12.1 Å². The molecule has 0 spiro atoms. The van der Waals surface area contributed by atoms with Gasteiger partial charge in [0.15, 0.2) is 0 Å². The lowest BCUT2D eigenvalue weighted by molar-refractivity contribution is -0.143. The standard InChI is InChI=1S/C13H15NO2/c1-9-3-5-11(6-4-9)14-12-7-10(2)16-13(15)8-12/h3-6,8,10,14H,7H2,1-2H3/t10-/m0/s1. The summed E-state index contributed by atoms with van der Waals surface area (Å²) in [6, 6.07) is 8.07. The van der Waals surface area contributed by atoms with E-state index in [-0.39, 0.29) is 12.1 Å². The van der Waals surface area contributed by atoms with Gasteiger partial charge in [-0.1, -0.05) is 17.7 Å². The van der Waals surface area contributed by atoms with Gasteiger partial charge in [-0.05, 0) is 26.0 Å². The number of benzene rings is 1. The lowest BCUT2D eigenvalue weighted by Gasteiger charge is -2.20. The summed E-state index contributed by atoms with van der Waals surface area (Å²) >= 11 is 0. The normalized spacial score (nSPS) is 20.0. The van der Waals surface area contributed by atoms with Crippen molar-refractivity contribution in [1.29, 1.82) is 0 Å². The largest absolute Gasteiger partial charge is 0.459 e. The van der Waals surface area contributed by atoms with Crippen molar-refractivity contribution in [2.24, 2.45) is 0 Å². The van der Waals surface area contributed by atoms with Crippen LogP contribution in [0, 0.1) is 6.92 Å². The van der Waals surface area contributed by atoms with E-state index in [1.807, 2.05) is 38.1 Å². The highest BCUT2D eigenvalue weighted by atomic mass is 16.5. The molecule has 1 aromatic carbocycles. The maximum atomic E-state index is 11.2. The van der Waals surface area contributed by atoms with Crippen molar-refractivity contribution in [3.05, 3.63) is 41.6 Å². The lowest BCUT2D eigenvalue weighted by atomic mass is 10.1. The van der Waals surface area contributed by atoms with Crippen molar-refractivity contribution in [1.82, 2.24) is 0 Å². The van der Waals surface area contributed by atoms with E-state index in [0.717, 1.165) is 17.8 Å². The zero-order valence-corrected chi connectivity index (χ0v) is 9.49. The molecule has 2 rings (SSSR count). The van der Waals surface area contributed by atoms with Gasteiger partial charge in [0.25, 0.3) is 0 Å². The predicted molar refractivity (Wildman–Crippen MR) is 63.1 cm³/mol. The molecule has 0 aromatic heterocycles. The molecule has 1 N–H and O–H groups in total. The minimum absolute atomic E-state index is 0.0505. The number of hydrogen-bond donors (Lipinski definition) is 1. The minimum Gasteiger partial charge on any atom is -0.459 e. The minimum atomic E-state index is -0.270. The van der Waals surface area contributed by atoms with E-state index in [1.165, 1.54) is 11.6 Å². The third-order valence-electron chi connectivity index (χ3n) is 2.47. The number of esters is 1. The van der Waals surface area contributed by atoms with Gasteiger partial charge in [-0.25, -0.2) is 4.79 Å². The fourth-order valence-electron chi connectivity index (χ4n) is 1.69. The molecule has 1 aliphatic heterocycles. The third-order valence-corrected chi connectivity index (χ3v) is 2.47. The number of anilines is 1. The van der Waals surface area contributed by atoms with E-state index in [1.54, 1.807) is 0 Å². The average molecular weight is 217 g/mol. The second-order valence-corrected chi connectivity index (χ2v) is 4.11. The number of hydrogen-bond acceptors (Lipinski definition) is 3. The number of cyclic esters (lactones) is 1. The van der Waals surface area contributed by atoms with Crippen LogP contribution >= 0.6 is 0 Å². The molecule has 0 fully saturated rings. The third kappa shape index (κ3) is 2.63. The Morgan fingerprint density at radius 1 is 1.31 bits per heavy atom. The van der Waals surface area contributed by atoms with Crippen LogP contribution in [0.5, 0.6) is 0 Å². The van der Waals surface area contributed by atoms with E-state index in [0.29, 0.717) is 0 Å². The highest BCUT2D eigenvalue weighted by Gasteiger charge is 2.17. The summed E-state index contributed by atoms with van der Waals surface area (Å²) in [7, 11) is 0. The van der Waals surface area contributed by atoms with Crippen molar-refractivity contribution in [3.63, 3.8) is 0 Å². The van der Waals surface area contributed by atoms with Crippen LogP contribution in [0.1, 0.15) is 18.9 Å². The molecule has 0 saturated heterocycles.